The fourth-order valence-electron chi connectivity index (χ4n) is 1.80. The zero-order chi connectivity index (χ0) is 12.0. The van der Waals surface area contributed by atoms with E-state index in [-0.39, 0.29) is 11.3 Å². The molecule has 0 nitrogen and oxygen atoms in total. The van der Waals surface area contributed by atoms with Gasteiger partial charge in [-0.1, -0.05) is 5.73 Å². The molecular formula is C11H8F4S. The van der Waals surface area contributed by atoms with Crippen molar-refractivity contribution in [2.45, 2.75) is 19.0 Å². The summed E-state index contributed by atoms with van der Waals surface area (Å²) in [6, 6.07) is 0. The molecule has 2 aliphatic carbocycles. The van der Waals surface area contributed by atoms with Crippen LogP contribution < -0.4 is 0 Å². The number of hydrogen-bond donors (Lipinski definition) is 1. The SMILES string of the molecule is FC1=C=C=CC(C(F)(F)F)=C1C1(CS)CC1. The van der Waals surface area contributed by atoms with Gasteiger partial charge >= 0.3 is 6.18 Å². The molecule has 0 saturated heterocycles. The molecule has 5 heteroatoms. The van der Waals surface area contributed by atoms with Crippen molar-refractivity contribution in [1.29, 1.82) is 0 Å². The molecule has 0 aromatic carbocycles. The minimum atomic E-state index is -4.56. The van der Waals surface area contributed by atoms with Gasteiger partial charge < -0.3 is 0 Å². The van der Waals surface area contributed by atoms with Crippen LogP contribution in [0, 0.1) is 5.41 Å². The highest BCUT2D eigenvalue weighted by atomic mass is 32.1. The smallest absolute Gasteiger partial charge is 0.197 e. The van der Waals surface area contributed by atoms with Gasteiger partial charge in [0.15, 0.2) is 5.83 Å². The lowest BCUT2D eigenvalue weighted by Crippen LogP contribution is -2.19. The Morgan fingerprint density at radius 1 is 1.38 bits per heavy atom. The van der Waals surface area contributed by atoms with E-state index in [2.05, 4.69) is 24.1 Å². The van der Waals surface area contributed by atoms with Gasteiger partial charge in [-0.3, -0.25) is 0 Å². The topological polar surface area (TPSA) is 0 Å². The van der Waals surface area contributed by atoms with Crippen LogP contribution in [0.2, 0.25) is 0 Å². The highest BCUT2D eigenvalue weighted by Crippen LogP contribution is 2.57. The van der Waals surface area contributed by atoms with E-state index in [0.29, 0.717) is 12.8 Å². The number of hydrogen-bond acceptors (Lipinski definition) is 1. The van der Waals surface area contributed by atoms with E-state index in [0.717, 1.165) is 6.08 Å². The van der Waals surface area contributed by atoms with Crippen LogP contribution >= 0.6 is 12.6 Å². The molecule has 16 heavy (non-hydrogen) atoms. The van der Waals surface area contributed by atoms with Crippen LogP contribution in [0.4, 0.5) is 17.6 Å². The van der Waals surface area contributed by atoms with E-state index in [1.54, 1.807) is 0 Å². The van der Waals surface area contributed by atoms with Crippen LogP contribution in [-0.2, 0) is 0 Å². The summed E-state index contributed by atoms with van der Waals surface area (Å²) in [6.07, 6.45) is -2.73. The van der Waals surface area contributed by atoms with Crippen LogP contribution in [0.1, 0.15) is 12.8 Å². The largest absolute Gasteiger partial charge is 0.417 e. The normalized spacial score (nSPS) is 22.4. The maximum absolute atomic E-state index is 13.5. The fraction of sp³-hybridized carbons (Fsp3) is 0.455. The van der Waals surface area contributed by atoms with Crippen molar-refractivity contribution in [2.75, 3.05) is 5.75 Å². The van der Waals surface area contributed by atoms with Crippen molar-refractivity contribution in [1.82, 2.24) is 0 Å². The highest BCUT2D eigenvalue weighted by molar-refractivity contribution is 7.80. The van der Waals surface area contributed by atoms with Gasteiger partial charge in [-0.2, -0.15) is 30.2 Å². The second-order valence-electron chi connectivity index (χ2n) is 3.95. The average molecular weight is 248 g/mol. The minimum absolute atomic E-state index is 0.213. The standard InChI is InChI=1S/C11H8F4S/c12-8-3-1-2-7(11(13,14)15)9(8)10(6-16)4-5-10/h2,16H,4-6H2. The lowest BCUT2D eigenvalue weighted by Gasteiger charge is -2.20. The molecule has 0 N–H and O–H groups in total. The van der Waals surface area contributed by atoms with E-state index < -0.39 is 23.0 Å². The predicted molar refractivity (Wildman–Crippen MR) is 54.8 cm³/mol. The van der Waals surface area contributed by atoms with Gasteiger partial charge in [-0.25, -0.2) is 0 Å². The molecule has 0 aromatic rings. The Hall–Kier alpha value is -0.890. The molecular weight excluding hydrogens is 240 g/mol. The van der Waals surface area contributed by atoms with Crippen molar-refractivity contribution >= 4 is 12.6 Å². The van der Waals surface area contributed by atoms with Gasteiger partial charge in [0.05, 0.1) is 5.57 Å². The Kier molecular flexibility index (Phi) is 2.58. The molecule has 1 fully saturated rings. The first kappa shape index (κ1) is 11.6. The number of allylic oxidation sites excluding steroid dienone is 4. The molecule has 0 aromatic heterocycles. The Labute approximate surface area is 95.4 Å². The van der Waals surface area contributed by atoms with E-state index in [9.17, 15) is 17.6 Å². The lowest BCUT2D eigenvalue weighted by atomic mass is 9.90. The fourth-order valence-corrected chi connectivity index (χ4v) is 2.28. The first-order valence-corrected chi connectivity index (χ1v) is 5.34. The summed E-state index contributed by atoms with van der Waals surface area (Å²) in [5.74, 6) is -0.744. The van der Waals surface area contributed by atoms with Crippen LogP contribution in [0.5, 0.6) is 0 Å². The molecule has 2 rings (SSSR count). The van der Waals surface area contributed by atoms with E-state index >= 15 is 0 Å². The van der Waals surface area contributed by atoms with Gasteiger partial charge in [0.1, 0.15) is 0 Å². The third-order valence-corrected chi connectivity index (χ3v) is 3.48. The van der Waals surface area contributed by atoms with Crippen LogP contribution in [-0.4, -0.2) is 11.9 Å². The third kappa shape index (κ3) is 1.75. The molecule has 2 aliphatic rings. The Morgan fingerprint density at radius 2 is 2.00 bits per heavy atom. The van der Waals surface area contributed by atoms with Crippen molar-refractivity contribution in [3.63, 3.8) is 0 Å². The molecule has 86 valence electrons. The molecule has 1 saturated carbocycles. The lowest BCUT2D eigenvalue weighted by molar-refractivity contribution is -0.0895. The summed E-state index contributed by atoms with van der Waals surface area (Å²) in [4.78, 5) is 0. The van der Waals surface area contributed by atoms with E-state index in [1.807, 2.05) is 0 Å². The van der Waals surface area contributed by atoms with E-state index in [4.69, 9.17) is 0 Å². The van der Waals surface area contributed by atoms with Crippen molar-refractivity contribution in [3.05, 3.63) is 34.5 Å². The van der Waals surface area contributed by atoms with Gasteiger partial charge in [0, 0.05) is 22.8 Å². The molecule has 0 spiro atoms. The first-order chi connectivity index (χ1) is 7.41. The summed E-state index contributed by atoms with van der Waals surface area (Å²) in [5.41, 5.74) is 2.12. The molecule has 0 radical (unpaired) electrons. The molecule has 0 heterocycles. The maximum atomic E-state index is 13.5. The highest BCUT2D eigenvalue weighted by Gasteiger charge is 2.51. The summed E-state index contributed by atoms with van der Waals surface area (Å²) < 4.78 is 51.6. The molecule has 0 unspecified atom stereocenters. The number of alkyl halides is 3. The van der Waals surface area contributed by atoms with Crippen LogP contribution in [0.3, 0.4) is 0 Å². The number of thiol groups is 1. The molecule has 0 aliphatic heterocycles. The van der Waals surface area contributed by atoms with Crippen molar-refractivity contribution < 1.29 is 17.6 Å². The quantitative estimate of drug-likeness (QED) is 0.429. The molecule has 0 amide bonds. The zero-order valence-electron chi connectivity index (χ0n) is 8.16. The van der Waals surface area contributed by atoms with Crippen LogP contribution in [0.15, 0.2) is 34.5 Å². The van der Waals surface area contributed by atoms with E-state index in [1.165, 1.54) is 0 Å². The Bertz CT molecular complexity index is 453. The summed E-state index contributed by atoms with van der Waals surface area (Å²) in [6.45, 7) is 0. The zero-order valence-corrected chi connectivity index (χ0v) is 9.05. The molecule has 0 bridgehead atoms. The maximum Gasteiger partial charge on any atom is 0.417 e. The second kappa shape index (κ2) is 3.56. The first-order valence-electron chi connectivity index (χ1n) is 4.71. The van der Waals surface area contributed by atoms with Crippen molar-refractivity contribution in [3.8, 4) is 0 Å². The third-order valence-electron chi connectivity index (χ3n) is 2.88. The molecule has 0 atom stereocenters. The summed E-state index contributed by atoms with van der Waals surface area (Å²) in [5, 5.41) is 0. The monoisotopic (exact) mass is 248 g/mol. The van der Waals surface area contributed by atoms with Gasteiger partial charge in [0.2, 0.25) is 0 Å². The van der Waals surface area contributed by atoms with Crippen molar-refractivity contribution in [2.24, 2.45) is 5.41 Å². The Morgan fingerprint density at radius 3 is 2.44 bits per heavy atom. The van der Waals surface area contributed by atoms with Gasteiger partial charge in [0.25, 0.3) is 0 Å². The Balaban J connectivity index is 2.56. The van der Waals surface area contributed by atoms with Gasteiger partial charge in [-0.05, 0) is 18.6 Å². The number of halogens is 4. The van der Waals surface area contributed by atoms with Crippen LogP contribution in [0.25, 0.3) is 0 Å². The summed E-state index contributed by atoms with van der Waals surface area (Å²) in [7, 11) is 0. The minimum Gasteiger partial charge on any atom is -0.197 e. The summed E-state index contributed by atoms with van der Waals surface area (Å²) >= 11 is 4.01. The number of rotatable bonds is 2. The van der Waals surface area contributed by atoms with Gasteiger partial charge in [-0.15, -0.1) is 0 Å². The average Bonchev–Trinajstić information content (AvgIpc) is 2.96. The predicted octanol–water partition coefficient (Wildman–Crippen LogP) is 3.73. The second-order valence-corrected chi connectivity index (χ2v) is 4.27.